The molecular weight excluding hydrogens is 314 g/mol. The summed E-state index contributed by atoms with van der Waals surface area (Å²) in [5.74, 6) is 1.82. The van der Waals surface area contributed by atoms with Crippen LogP contribution in [0.15, 0.2) is 59.8 Å². The van der Waals surface area contributed by atoms with E-state index >= 15 is 0 Å². The van der Waals surface area contributed by atoms with Crippen LogP contribution in [0.3, 0.4) is 0 Å². The Hall–Kier alpha value is -1.78. The molecule has 0 atom stereocenters. The van der Waals surface area contributed by atoms with Gasteiger partial charge in [-0.05, 0) is 29.8 Å². The molecule has 0 radical (unpaired) electrons. The van der Waals surface area contributed by atoms with E-state index in [0.29, 0.717) is 0 Å². The molecule has 0 saturated carbocycles. The fraction of sp³-hybridized carbons (Fsp3) is 0.176. The van der Waals surface area contributed by atoms with Crippen LogP contribution in [0.4, 0.5) is 0 Å². The van der Waals surface area contributed by atoms with E-state index in [0.717, 1.165) is 33.9 Å². The Balaban J connectivity index is 1.85. The molecule has 3 aromatic rings. The second-order valence-corrected chi connectivity index (χ2v) is 6.22. The third-order valence-corrected chi connectivity index (χ3v) is 4.56. The molecule has 0 fully saturated rings. The molecule has 2 aromatic carbocycles. The summed E-state index contributed by atoms with van der Waals surface area (Å²) in [6.07, 6.45) is 0.851. The van der Waals surface area contributed by atoms with Gasteiger partial charge in [0, 0.05) is 22.9 Å². The first-order valence-corrected chi connectivity index (χ1v) is 8.51. The molecule has 0 bridgehead atoms. The summed E-state index contributed by atoms with van der Waals surface area (Å²) in [6, 6.07) is 18.1. The van der Waals surface area contributed by atoms with Crippen LogP contribution in [0.2, 0.25) is 5.02 Å². The zero-order chi connectivity index (χ0) is 15.4. The van der Waals surface area contributed by atoms with Gasteiger partial charge in [0.2, 0.25) is 0 Å². The molecule has 0 spiro atoms. The molecule has 3 nitrogen and oxygen atoms in total. The lowest BCUT2D eigenvalue weighted by molar-refractivity contribution is 0.836. The van der Waals surface area contributed by atoms with E-state index in [-0.39, 0.29) is 0 Å². The van der Waals surface area contributed by atoms with Gasteiger partial charge in [-0.15, -0.1) is 10.2 Å². The lowest BCUT2D eigenvalue weighted by Gasteiger charge is -2.09. The summed E-state index contributed by atoms with van der Waals surface area (Å²) >= 11 is 7.61. The number of benzene rings is 2. The van der Waals surface area contributed by atoms with Gasteiger partial charge in [-0.3, -0.25) is 4.57 Å². The highest BCUT2D eigenvalue weighted by atomic mass is 35.5. The molecule has 3 rings (SSSR count). The Morgan fingerprint density at radius 1 is 1.00 bits per heavy atom. The minimum absolute atomic E-state index is 0.759. The van der Waals surface area contributed by atoms with E-state index in [9.17, 15) is 0 Å². The van der Waals surface area contributed by atoms with Crippen molar-refractivity contribution in [2.45, 2.75) is 24.3 Å². The number of aryl methyl sites for hydroxylation is 1. The Kier molecular flexibility index (Phi) is 4.80. The predicted molar refractivity (Wildman–Crippen MR) is 91.8 cm³/mol. The van der Waals surface area contributed by atoms with Crippen molar-refractivity contribution in [1.29, 1.82) is 0 Å². The summed E-state index contributed by atoms with van der Waals surface area (Å²) in [4.78, 5) is 0. The van der Waals surface area contributed by atoms with Crippen LogP contribution in [0, 0.1) is 0 Å². The van der Waals surface area contributed by atoms with Gasteiger partial charge >= 0.3 is 0 Å². The summed E-state index contributed by atoms with van der Waals surface area (Å²) in [6.45, 7) is 2.09. The van der Waals surface area contributed by atoms with Crippen LogP contribution in [0.5, 0.6) is 0 Å². The standard InChI is InChI=1S/C17H16ClN3S/c1-2-16-19-20-17(21(16)15-6-4-3-5-7-15)22-12-13-8-10-14(18)11-9-13/h3-11H,2,12H2,1H3. The molecular formula is C17H16ClN3S. The summed E-state index contributed by atoms with van der Waals surface area (Å²) < 4.78 is 2.13. The van der Waals surface area contributed by atoms with Gasteiger partial charge in [0.25, 0.3) is 0 Å². The van der Waals surface area contributed by atoms with Crippen LogP contribution in [0.1, 0.15) is 18.3 Å². The second kappa shape index (κ2) is 6.99. The highest BCUT2D eigenvalue weighted by Crippen LogP contribution is 2.25. The van der Waals surface area contributed by atoms with E-state index in [1.165, 1.54) is 5.56 Å². The number of hydrogen-bond acceptors (Lipinski definition) is 3. The fourth-order valence-corrected chi connectivity index (χ4v) is 3.24. The minimum Gasteiger partial charge on any atom is -0.274 e. The molecule has 0 saturated heterocycles. The Morgan fingerprint density at radius 3 is 2.41 bits per heavy atom. The van der Waals surface area contributed by atoms with Gasteiger partial charge in [-0.25, -0.2) is 0 Å². The van der Waals surface area contributed by atoms with E-state index in [4.69, 9.17) is 11.6 Å². The van der Waals surface area contributed by atoms with Gasteiger partial charge in [0.15, 0.2) is 5.16 Å². The minimum atomic E-state index is 0.759. The third kappa shape index (κ3) is 3.34. The smallest absolute Gasteiger partial charge is 0.196 e. The number of rotatable bonds is 5. The zero-order valence-electron chi connectivity index (χ0n) is 12.2. The maximum atomic E-state index is 5.92. The SMILES string of the molecule is CCc1nnc(SCc2ccc(Cl)cc2)n1-c1ccccc1. The van der Waals surface area contributed by atoms with E-state index in [1.54, 1.807) is 11.8 Å². The Bertz CT molecular complexity index is 738. The molecule has 0 N–H and O–H groups in total. The molecule has 0 amide bonds. The van der Waals surface area contributed by atoms with Crippen LogP contribution < -0.4 is 0 Å². The number of para-hydroxylation sites is 1. The van der Waals surface area contributed by atoms with Gasteiger partial charge in [0.05, 0.1) is 0 Å². The average Bonchev–Trinajstić information content (AvgIpc) is 2.98. The molecule has 22 heavy (non-hydrogen) atoms. The second-order valence-electron chi connectivity index (χ2n) is 4.84. The highest BCUT2D eigenvalue weighted by Gasteiger charge is 2.12. The maximum Gasteiger partial charge on any atom is 0.196 e. The van der Waals surface area contributed by atoms with Gasteiger partial charge in [-0.1, -0.05) is 60.6 Å². The topological polar surface area (TPSA) is 30.7 Å². The van der Waals surface area contributed by atoms with Crippen molar-refractivity contribution in [3.05, 3.63) is 71.0 Å². The number of aromatic nitrogens is 3. The van der Waals surface area contributed by atoms with Crippen LogP contribution in [0.25, 0.3) is 5.69 Å². The van der Waals surface area contributed by atoms with Crippen molar-refractivity contribution in [3.8, 4) is 5.69 Å². The van der Waals surface area contributed by atoms with Gasteiger partial charge in [-0.2, -0.15) is 0 Å². The van der Waals surface area contributed by atoms with Gasteiger partial charge < -0.3 is 0 Å². The normalized spacial score (nSPS) is 10.8. The summed E-state index contributed by atoms with van der Waals surface area (Å²) in [7, 11) is 0. The molecule has 1 aromatic heterocycles. The fourth-order valence-electron chi connectivity index (χ4n) is 2.19. The molecule has 112 valence electrons. The quantitative estimate of drug-likeness (QED) is 0.631. The number of halogens is 1. The monoisotopic (exact) mass is 329 g/mol. The molecule has 0 aliphatic carbocycles. The predicted octanol–water partition coefficient (Wildman–Crippen LogP) is 4.78. The van der Waals surface area contributed by atoms with Crippen molar-refractivity contribution < 1.29 is 0 Å². The lowest BCUT2D eigenvalue weighted by Crippen LogP contribution is -2.01. The Morgan fingerprint density at radius 2 is 1.73 bits per heavy atom. The zero-order valence-corrected chi connectivity index (χ0v) is 13.8. The summed E-state index contributed by atoms with van der Waals surface area (Å²) in [5, 5.41) is 10.3. The van der Waals surface area contributed by atoms with Crippen molar-refractivity contribution >= 4 is 23.4 Å². The molecule has 0 aliphatic heterocycles. The first kappa shape index (κ1) is 15.1. The van der Waals surface area contributed by atoms with Crippen molar-refractivity contribution in [1.82, 2.24) is 14.8 Å². The van der Waals surface area contributed by atoms with E-state index in [2.05, 4.69) is 33.8 Å². The molecule has 5 heteroatoms. The van der Waals surface area contributed by atoms with E-state index in [1.807, 2.05) is 42.5 Å². The van der Waals surface area contributed by atoms with Crippen molar-refractivity contribution in [2.75, 3.05) is 0 Å². The summed E-state index contributed by atoms with van der Waals surface area (Å²) in [5.41, 5.74) is 2.32. The molecule has 0 unspecified atom stereocenters. The van der Waals surface area contributed by atoms with Gasteiger partial charge in [0.1, 0.15) is 5.82 Å². The van der Waals surface area contributed by atoms with Crippen LogP contribution >= 0.6 is 23.4 Å². The lowest BCUT2D eigenvalue weighted by atomic mass is 10.2. The largest absolute Gasteiger partial charge is 0.274 e. The van der Waals surface area contributed by atoms with Crippen molar-refractivity contribution in [2.24, 2.45) is 0 Å². The van der Waals surface area contributed by atoms with Crippen molar-refractivity contribution in [3.63, 3.8) is 0 Å². The number of hydrogen-bond donors (Lipinski definition) is 0. The highest BCUT2D eigenvalue weighted by molar-refractivity contribution is 7.98. The van der Waals surface area contributed by atoms with E-state index < -0.39 is 0 Å². The van der Waals surface area contributed by atoms with Crippen LogP contribution in [-0.4, -0.2) is 14.8 Å². The number of thioether (sulfide) groups is 1. The first-order chi connectivity index (χ1) is 10.8. The average molecular weight is 330 g/mol. The first-order valence-electron chi connectivity index (χ1n) is 7.15. The Labute approximate surface area is 139 Å². The maximum absolute atomic E-state index is 5.92. The molecule has 0 aliphatic rings. The third-order valence-electron chi connectivity index (χ3n) is 3.31. The number of nitrogens with zero attached hydrogens (tertiary/aromatic N) is 3. The molecule has 1 heterocycles. The van der Waals surface area contributed by atoms with Crippen LogP contribution in [-0.2, 0) is 12.2 Å².